The number of rotatable bonds is 3. The lowest BCUT2D eigenvalue weighted by atomic mass is 10.1. The number of aromatic nitrogens is 1. The van der Waals surface area contributed by atoms with Crippen LogP contribution in [-0.2, 0) is 4.79 Å². The normalized spacial score (nSPS) is 18.8. The van der Waals surface area contributed by atoms with Crippen molar-refractivity contribution < 1.29 is 4.79 Å². The Labute approximate surface area is 122 Å². The third-order valence-corrected chi connectivity index (χ3v) is 4.60. The first kappa shape index (κ1) is 13.3. The van der Waals surface area contributed by atoms with Gasteiger partial charge in [-0.05, 0) is 19.4 Å². The predicted octanol–water partition coefficient (Wildman–Crippen LogP) is 2.43. The molecule has 1 aromatic carbocycles. The molecule has 1 unspecified atom stereocenters. The van der Waals surface area contributed by atoms with Gasteiger partial charge in [0.1, 0.15) is 0 Å². The van der Waals surface area contributed by atoms with E-state index in [1.165, 1.54) is 0 Å². The molecular formula is C15H17N3OS. The van der Waals surface area contributed by atoms with E-state index in [0.717, 1.165) is 21.3 Å². The number of hydrogen-bond donors (Lipinski definition) is 1. The molecular weight excluding hydrogens is 270 g/mol. The minimum absolute atomic E-state index is 0.133. The van der Waals surface area contributed by atoms with Crippen molar-refractivity contribution in [2.45, 2.75) is 13.3 Å². The first-order chi connectivity index (χ1) is 9.69. The average Bonchev–Trinajstić information content (AvgIpc) is 3.02. The van der Waals surface area contributed by atoms with Gasteiger partial charge in [-0.25, -0.2) is 4.98 Å². The SMILES string of the molecule is Cc1sc(N2CC(CN)CC2=O)nc1-c1ccccc1. The number of thiazole rings is 1. The molecule has 2 heterocycles. The van der Waals surface area contributed by atoms with Crippen molar-refractivity contribution in [3.05, 3.63) is 35.2 Å². The molecule has 1 aliphatic rings. The Morgan fingerprint density at radius 2 is 2.15 bits per heavy atom. The van der Waals surface area contributed by atoms with E-state index < -0.39 is 0 Å². The number of nitrogens with zero attached hydrogens (tertiary/aromatic N) is 2. The Hall–Kier alpha value is -1.72. The summed E-state index contributed by atoms with van der Waals surface area (Å²) in [6.45, 7) is 3.29. The van der Waals surface area contributed by atoms with Crippen LogP contribution in [-0.4, -0.2) is 24.0 Å². The Balaban J connectivity index is 1.92. The number of anilines is 1. The quantitative estimate of drug-likeness (QED) is 0.943. The molecule has 20 heavy (non-hydrogen) atoms. The topological polar surface area (TPSA) is 59.2 Å². The van der Waals surface area contributed by atoms with Crippen LogP contribution >= 0.6 is 11.3 Å². The molecule has 5 heteroatoms. The molecule has 1 amide bonds. The van der Waals surface area contributed by atoms with E-state index >= 15 is 0 Å². The molecule has 1 aromatic heterocycles. The molecule has 0 bridgehead atoms. The van der Waals surface area contributed by atoms with Crippen LogP contribution < -0.4 is 10.6 Å². The van der Waals surface area contributed by atoms with Gasteiger partial charge >= 0.3 is 0 Å². The Kier molecular flexibility index (Phi) is 3.54. The van der Waals surface area contributed by atoms with Crippen molar-refractivity contribution in [2.24, 2.45) is 11.7 Å². The first-order valence-electron chi connectivity index (χ1n) is 6.72. The predicted molar refractivity (Wildman–Crippen MR) is 81.8 cm³/mol. The lowest BCUT2D eigenvalue weighted by Gasteiger charge is -2.11. The van der Waals surface area contributed by atoms with Crippen LogP contribution in [0.15, 0.2) is 30.3 Å². The van der Waals surface area contributed by atoms with Crippen LogP contribution in [0.25, 0.3) is 11.3 Å². The molecule has 0 aliphatic carbocycles. The van der Waals surface area contributed by atoms with E-state index in [-0.39, 0.29) is 11.8 Å². The van der Waals surface area contributed by atoms with Gasteiger partial charge in [0.05, 0.1) is 5.69 Å². The van der Waals surface area contributed by atoms with Crippen molar-refractivity contribution in [1.29, 1.82) is 0 Å². The zero-order chi connectivity index (χ0) is 14.1. The number of hydrogen-bond acceptors (Lipinski definition) is 4. The zero-order valence-corrected chi connectivity index (χ0v) is 12.2. The summed E-state index contributed by atoms with van der Waals surface area (Å²) >= 11 is 1.58. The van der Waals surface area contributed by atoms with Crippen LogP contribution in [0.1, 0.15) is 11.3 Å². The van der Waals surface area contributed by atoms with Gasteiger partial charge in [0, 0.05) is 23.4 Å². The van der Waals surface area contributed by atoms with Gasteiger partial charge in [0.25, 0.3) is 0 Å². The second-order valence-electron chi connectivity index (χ2n) is 5.08. The third kappa shape index (κ3) is 2.34. The van der Waals surface area contributed by atoms with Crippen LogP contribution in [0, 0.1) is 12.8 Å². The van der Waals surface area contributed by atoms with Crippen LogP contribution in [0.4, 0.5) is 5.13 Å². The lowest BCUT2D eigenvalue weighted by molar-refractivity contribution is -0.117. The molecule has 2 aromatic rings. The highest BCUT2D eigenvalue weighted by Crippen LogP contribution is 2.34. The fourth-order valence-electron chi connectivity index (χ4n) is 2.49. The zero-order valence-electron chi connectivity index (χ0n) is 11.4. The van der Waals surface area contributed by atoms with E-state index in [2.05, 4.69) is 4.98 Å². The molecule has 1 fully saturated rings. The van der Waals surface area contributed by atoms with E-state index in [4.69, 9.17) is 5.73 Å². The molecule has 4 nitrogen and oxygen atoms in total. The summed E-state index contributed by atoms with van der Waals surface area (Å²) in [6.07, 6.45) is 0.537. The van der Waals surface area contributed by atoms with Crippen LogP contribution in [0.3, 0.4) is 0 Å². The lowest BCUT2D eigenvalue weighted by Crippen LogP contribution is -2.25. The van der Waals surface area contributed by atoms with E-state index in [9.17, 15) is 4.79 Å². The molecule has 1 atom stereocenters. The van der Waals surface area contributed by atoms with Crippen molar-refractivity contribution in [3.8, 4) is 11.3 Å². The molecule has 1 aliphatic heterocycles. The highest BCUT2D eigenvalue weighted by Gasteiger charge is 2.31. The van der Waals surface area contributed by atoms with Crippen LogP contribution in [0.2, 0.25) is 0 Å². The average molecular weight is 287 g/mol. The second kappa shape index (κ2) is 5.34. The standard InChI is InChI=1S/C15H17N3OS/c1-10-14(12-5-3-2-4-6-12)17-15(20-10)18-9-11(8-16)7-13(18)19/h2-6,11H,7-9,16H2,1H3. The summed E-state index contributed by atoms with van der Waals surface area (Å²) < 4.78 is 0. The minimum atomic E-state index is 0.133. The van der Waals surface area contributed by atoms with Gasteiger partial charge < -0.3 is 5.73 Å². The highest BCUT2D eigenvalue weighted by atomic mass is 32.1. The summed E-state index contributed by atoms with van der Waals surface area (Å²) in [7, 11) is 0. The fourth-order valence-corrected chi connectivity index (χ4v) is 3.44. The number of amides is 1. The highest BCUT2D eigenvalue weighted by molar-refractivity contribution is 7.16. The number of carbonyl (C=O) groups excluding carboxylic acids is 1. The van der Waals surface area contributed by atoms with Crippen LogP contribution in [0.5, 0.6) is 0 Å². The minimum Gasteiger partial charge on any atom is -0.330 e. The molecule has 1 saturated heterocycles. The summed E-state index contributed by atoms with van der Waals surface area (Å²) in [4.78, 5) is 19.6. The molecule has 0 spiro atoms. The third-order valence-electron chi connectivity index (χ3n) is 3.60. The summed E-state index contributed by atoms with van der Waals surface area (Å²) in [5.41, 5.74) is 7.73. The molecule has 104 valence electrons. The summed E-state index contributed by atoms with van der Waals surface area (Å²) in [5, 5.41) is 0.794. The van der Waals surface area contributed by atoms with Gasteiger partial charge in [-0.1, -0.05) is 30.3 Å². The smallest absolute Gasteiger partial charge is 0.229 e. The van der Waals surface area contributed by atoms with Crippen molar-refractivity contribution in [1.82, 2.24) is 4.98 Å². The van der Waals surface area contributed by atoms with E-state index in [1.54, 1.807) is 16.2 Å². The maximum atomic E-state index is 12.0. The Bertz CT molecular complexity index is 623. The molecule has 3 rings (SSSR count). The number of carbonyl (C=O) groups is 1. The van der Waals surface area contributed by atoms with Crippen molar-refractivity contribution >= 4 is 22.4 Å². The molecule has 0 saturated carbocycles. The second-order valence-corrected chi connectivity index (χ2v) is 6.26. The largest absolute Gasteiger partial charge is 0.330 e. The summed E-state index contributed by atoms with van der Waals surface area (Å²) in [6, 6.07) is 10.1. The van der Waals surface area contributed by atoms with Gasteiger partial charge in [-0.15, -0.1) is 11.3 Å². The van der Waals surface area contributed by atoms with Gasteiger partial charge in [0.15, 0.2) is 5.13 Å². The van der Waals surface area contributed by atoms with Crippen molar-refractivity contribution in [3.63, 3.8) is 0 Å². The van der Waals surface area contributed by atoms with E-state index in [1.807, 2.05) is 37.3 Å². The van der Waals surface area contributed by atoms with Crippen molar-refractivity contribution in [2.75, 3.05) is 18.0 Å². The number of nitrogens with two attached hydrogens (primary N) is 1. The van der Waals surface area contributed by atoms with Gasteiger partial charge in [-0.3, -0.25) is 9.69 Å². The Morgan fingerprint density at radius 1 is 1.40 bits per heavy atom. The maximum Gasteiger partial charge on any atom is 0.229 e. The maximum absolute atomic E-state index is 12.0. The molecule has 0 radical (unpaired) electrons. The first-order valence-corrected chi connectivity index (χ1v) is 7.54. The Morgan fingerprint density at radius 3 is 2.80 bits per heavy atom. The van der Waals surface area contributed by atoms with Gasteiger partial charge in [0.2, 0.25) is 5.91 Å². The number of benzene rings is 1. The van der Waals surface area contributed by atoms with E-state index in [0.29, 0.717) is 19.5 Å². The monoisotopic (exact) mass is 287 g/mol. The fraction of sp³-hybridized carbons (Fsp3) is 0.333. The van der Waals surface area contributed by atoms with Gasteiger partial charge in [-0.2, -0.15) is 0 Å². The summed E-state index contributed by atoms with van der Waals surface area (Å²) in [5.74, 6) is 0.390. The number of aryl methyl sites for hydroxylation is 1. The molecule has 2 N–H and O–H groups in total.